The lowest BCUT2D eigenvalue weighted by molar-refractivity contribution is 0.445. The van der Waals surface area contributed by atoms with Gasteiger partial charge in [0.1, 0.15) is 11.2 Å². The van der Waals surface area contributed by atoms with Gasteiger partial charge in [0.2, 0.25) is 0 Å². The molecule has 2 heterocycles. The van der Waals surface area contributed by atoms with Crippen molar-refractivity contribution in [2.75, 3.05) is 4.90 Å². The van der Waals surface area contributed by atoms with Crippen LogP contribution in [0.5, 0.6) is 0 Å². The largest absolute Gasteiger partial charge is 0.456 e. The Kier molecular flexibility index (Phi) is 9.60. The normalized spacial score (nSPS) is 13.3. The molecule has 0 amide bonds. The molecule has 1 aliphatic carbocycles. The van der Waals surface area contributed by atoms with Gasteiger partial charge in [-0.15, -0.1) is 0 Å². The Morgan fingerprint density at radius 2 is 1.09 bits per heavy atom. The fraction of sp³-hybridized carbons (Fsp3) is 0.0938. The van der Waals surface area contributed by atoms with Gasteiger partial charge in [-0.25, -0.2) is 0 Å². The molecular formula is C64H48N2O. The molecule has 12 aromatic rings. The molecule has 0 N–H and O–H groups in total. The predicted molar refractivity (Wildman–Crippen MR) is 282 cm³/mol. The quantitative estimate of drug-likeness (QED) is 0.152. The van der Waals surface area contributed by atoms with Gasteiger partial charge in [0.05, 0.1) is 16.7 Å². The lowest BCUT2D eigenvalue weighted by Gasteiger charge is -2.29. The van der Waals surface area contributed by atoms with E-state index in [1.54, 1.807) is 0 Å². The molecule has 2 aromatic heterocycles. The number of benzene rings is 10. The Morgan fingerprint density at radius 1 is 0.418 bits per heavy atom. The van der Waals surface area contributed by atoms with Crippen LogP contribution in [0.15, 0.2) is 229 Å². The summed E-state index contributed by atoms with van der Waals surface area (Å²) in [6, 6.07) is 82.4. The number of hydrogen-bond acceptors (Lipinski definition) is 2. The number of fused-ring (bicyclic) bond motifs is 7. The molecular weight excluding hydrogens is 813 g/mol. The summed E-state index contributed by atoms with van der Waals surface area (Å²) in [5.74, 6) is 0.569. The molecule has 10 aromatic carbocycles. The number of nitrogens with zero attached hydrogens (tertiary/aromatic N) is 2. The van der Waals surface area contributed by atoms with Crippen molar-refractivity contribution in [1.29, 1.82) is 0 Å². The van der Waals surface area contributed by atoms with E-state index in [2.05, 4.69) is 222 Å². The van der Waals surface area contributed by atoms with Gasteiger partial charge in [-0.3, -0.25) is 0 Å². The van der Waals surface area contributed by atoms with Crippen molar-refractivity contribution < 1.29 is 4.42 Å². The van der Waals surface area contributed by atoms with Crippen LogP contribution in [-0.4, -0.2) is 4.57 Å². The highest BCUT2D eigenvalue weighted by molar-refractivity contribution is 6.14. The minimum Gasteiger partial charge on any atom is -0.456 e. The highest BCUT2D eigenvalue weighted by atomic mass is 16.3. The number of anilines is 3. The summed E-state index contributed by atoms with van der Waals surface area (Å²) in [6.07, 6.45) is 6.43. The molecule has 320 valence electrons. The third-order valence-corrected chi connectivity index (χ3v) is 14.4. The van der Waals surface area contributed by atoms with Gasteiger partial charge < -0.3 is 13.9 Å². The van der Waals surface area contributed by atoms with E-state index in [4.69, 9.17) is 4.42 Å². The van der Waals surface area contributed by atoms with Gasteiger partial charge in [0, 0.05) is 49.7 Å². The minimum absolute atomic E-state index is 0.569. The van der Waals surface area contributed by atoms with Crippen LogP contribution in [0.3, 0.4) is 0 Å². The maximum atomic E-state index is 6.21. The fourth-order valence-corrected chi connectivity index (χ4v) is 11.3. The van der Waals surface area contributed by atoms with Crippen LogP contribution in [0, 0.1) is 0 Å². The van der Waals surface area contributed by atoms with E-state index in [1.165, 1.54) is 86.9 Å². The maximum absolute atomic E-state index is 6.21. The van der Waals surface area contributed by atoms with E-state index in [9.17, 15) is 0 Å². The SMILES string of the molecule is c1ccc(-n2c3ccccc3c3cccc(-c4cccc(N(c5ccc(-c6ccc7oc8ccccc8c7c6)cc5)c5ccccc5-c5cccc6cccc(C7CCCCC7)c56)c4)c32)cc1. The Hall–Kier alpha value is -8.14. The molecule has 0 atom stereocenters. The summed E-state index contributed by atoms with van der Waals surface area (Å²) in [5, 5.41) is 7.45. The third kappa shape index (κ3) is 6.72. The van der Waals surface area contributed by atoms with Gasteiger partial charge in [-0.05, 0) is 124 Å². The first-order valence-electron chi connectivity index (χ1n) is 23.9. The van der Waals surface area contributed by atoms with Crippen molar-refractivity contribution in [1.82, 2.24) is 4.57 Å². The molecule has 0 bridgehead atoms. The van der Waals surface area contributed by atoms with Gasteiger partial charge in [0.15, 0.2) is 0 Å². The topological polar surface area (TPSA) is 21.3 Å². The summed E-state index contributed by atoms with van der Waals surface area (Å²) < 4.78 is 8.65. The zero-order chi connectivity index (χ0) is 44.3. The molecule has 3 heteroatoms. The van der Waals surface area contributed by atoms with E-state index in [0.29, 0.717) is 5.92 Å². The molecule has 0 aliphatic heterocycles. The van der Waals surface area contributed by atoms with Crippen molar-refractivity contribution in [3.63, 3.8) is 0 Å². The first kappa shape index (κ1) is 39.2. The van der Waals surface area contributed by atoms with E-state index in [1.807, 2.05) is 12.1 Å². The average Bonchev–Trinajstić information content (AvgIpc) is 3.95. The summed E-state index contributed by atoms with van der Waals surface area (Å²) in [7, 11) is 0. The van der Waals surface area contributed by atoms with Gasteiger partial charge >= 0.3 is 0 Å². The van der Waals surface area contributed by atoms with Crippen molar-refractivity contribution in [2.24, 2.45) is 0 Å². The minimum atomic E-state index is 0.569. The van der Waals surface area contributed by atoms with Gasteiger partial charge in [-0.2, -0.15) is 0 Å². The highest BCUT2D eigenvalue weighted by Crippen LogP contribution is 2.47. The van der Waals surface area contributed by atoms with Crippen molar-refractivity contribution in [3.05, 3.63) is 230 Å². The highest BCUT2D eigenvalue weighted by Gasteiger charge is 2.24. The summed E-state index contributed by atoms with van der Waals surface area (Å²) in [6.45, 7) is 0. The Morgan fingerprint density at radius 3 is 1.97 bits per heavy atom. The van der Waals surface area contributed by atoms with Crippen LogP contribution in [0.1, 0.15) is 43.6 Å². The molecule has 1 fully saturated rings. The van der Waals surface area contributed by atoms with Crippen LogP contribution in [0.2, 0.25) is 0 Å². The molecule has 0 radical (unpaired) electrons. The number of hydrogen-bond donors (Lipinski definition) is 0. The lowest BCUT2D eigenvalue weighted by atomic mass is 9.80. The van der Waals surface area contributed by atoms with Crippen LogP contribution < -0.4 is 4.90 Å². The molecule has 1 aliphatic rings. The Bertz CT molecular complexity index is 3790. The summed E-state index contributed by atoms with van der Waals surface area (Å²) >= 11 is 0. The number of rotatable bonds is 8. The smallest absolute Gasteiger partial charge is 0.135 e. The lowest BCUT2D eigenvalue weighted by Crippen LogP contribution is -2.11. The van der Waals surface area contributed by atoms with E-state index in [0.717, 1.165) is 61.4 Å². The van der Waals surface area contributed by atoms with Gasteiger partial charge in [0.25, 0.3) is 0 Å². The second-order valence-electron chi connectivity index (χ2n) is 18.2. The molecule has 0 saturated heterocycles. The Labute approximate surface area is 390 Å². The van der Waals surface area contributed by atoms with Crippen LogP contribution >= 0.6 is 0 Å². The van der Waals surface area contributed by atoms with Crippen LogP contribution in [-0.2, 0) is 0 Å². The first-order valence-corrected chi connectivity index (χ1v) is 23.9. The first-order chi connectivity index (χ1) is 33.2. The number of furan rings is 1. The molecule has 67 heavy (non-hydrogen) atoms. The van der Waals surface area contributed by atoms with Crippen LogP contribution in [0.25, 0.3) is 93.6 Å². The van der Waals surface area contributed by atoms with Crippen molar-refractivity contribution in [3.8, 4) is 39.1 Å². The predicted octanol–water partition coefficient (Wildman–Crippen LogP) is 18.4. The van der Waals surface area contributed by atoms with E-state index >= 15 is 0 Å². The molecule has 1 saturated carbocycles. The molecule has 3 nitrogen and oxygen atoms in total. The van der Waals surface area contributed by atoms with Crippen molar-refractivity contribution >= 4 is 71.6 Å². The van der Waals surface area contributed by atoms with Crippen molar-refractivity contribution in [2.45, 2.75) is 38.0 Å². The Balaban J connectivity index is 1.01. The molecule has 13 rings (SSSR count). The average molecular weight is 861 g/mol. The summed E-state index contributed by atoms with van der Waals surface area (Å²) in [4.78, 5) is 2.48. The zero-order valence-electron chi connectivity index (χ0n) is 37.3. The summed E-state index contributed by atoms with van der Waals surface area (Å²) in [5.41, 5.74) is 17.4. The van der Waals surface area contributed by atoms with Crippen LogP contribution in [0.4, 0.5) is 17.1 Å². The maximum Gasteiger partial charge on any atom is 0.135 e. The monoisotopic (exact) mass is 860 g/mol. The third-order valence-electron chi connectivity index (χ3n) is 14.4. The molecule has 0 unspecified atom stereocenters. The van der Waals surface area contributed by atoms with E-state index < -0.39 is 0 Å². The van der Waals surface area contributed by atoms with Gasteiger partial charge in [-0.1, -0.05) is 177 Å². The fourth-order valence-electron chi connectivity index (χ4n) is 11.3. The second kappa shape index (κ2) is 16.4. The second-order valence-corrected chi connectivity index (χ2v) is 18.2. The number of para-hydroxylation sites is 5. The zero-order valence-corrected chi connectivity index (χ0v) is 37.3. The van der Waals surface area contributed by atoms with E-state index in [-0.39, 0.29) is 0 Å². The number of aromatic nitrogens is 1. The standard InChI is InChI=1S/C64H48N2O/c1-3-17-44(18-4-1)51-28-14-19-45-20-15-30-56(63(45)51)53-25-7-10-32-59(53)65(49-38-35-43(36-39-49)46-37-40-62-58(42-46)55-27-9-12-34-61(55)67-62)50-24-13-21-47(41-50)52-29-16-31-57-54-26-8-11-33-60(54)66(64(52)57)48-22-5-2-6-23-48/h2,5-16,19-42,44H,1,3-4,17-18H2. The molecule has 0 spiro atoms.